The highest BCUT2D eigenvalue weighted by atomic mass is 14.1. The van der Waals surface area contributed by atoms with E-state index in [1.54, 1.807) is 0 Å². The predicted octanol–water partition coefficient (Wildman–Crippen LogP) is 8.29. The van der Waals surface area contributed by atoms with Gasteiger partial charge < -0.3 is 0 Å². The summed E-state index contributed by atoms with van der Waals surface area (Å²) in [5.74, 6) is 0. The number of hydrogen-bond acceptors (Lipinski definition) is 0. The summed E-state index contributed by atoms with van der Waals surface area (Å²) in [6.07, 6.45) is 0. The van der Waals surface area contributed by atoms with Crippen molar-refractivity contribution in [2.75, 3.05) is 0 Å². The molecule has 29 heavy (non-hydrogen) atoms. The number of aryl methyl sites for hydroxylation is 3. The van der Waals surface area contributed by atoms with Gasteiger partial charge in [0.1, 0.15) is 0 Å². The second kappa shape index (κ2) is 10.2. The zero-order chi connectivity index (χ0) is 20.5. The van der Waals surface area contributed by atoms with Gasteiger partial charge in [0.15, 0.2) is 0 Å². The lowest BCUT2D eigenvalue weighted by Crippen LogP contribution is -1.81. The van der Waals surface area contributed by atoms with E-state index in [-0.39, 0.29) is 0 Å². The van der Waals surface area contributed by atoms with Crippen LogP contribution < -0.4 is 0 Å². The summed E-state index contributed by atoms with van der Waals surface area (Å²) >= 11 is 0. The van der Waals surface area contributed by atoms with Gasteiger partial charge in [-0.1, -0.05) is 126 Å². The van der Waals surface area contributed by atoms with Crippen LogP contribution in [0.15, 0.2) is 115 Å². The van der Waals surface area contributed by atoms with E-state index in [1.807, 2.05) is 36.4 Å². The van der Waals surface area contributed by atoms with Gasteiger partial charge in [0.2, 0.25) is 0 Å². The van der Waals surface area contributed by atoms with Crippen molar-refractivity contribution >= 4 is 21.5 Å². The first-order valence-corrected chi connectivity index (χ1v) is 10.1. The van der Waals surface area contributed by atoms with Gasteiger partial charge in [0, 0.05) is 0 Å². The van der Waals surface area contributed by atoms with E-state index in [2.05, 4.69) is 99.6 Å². The molecule has 0 N–H and O–H groups in total. The highest BCUT2D eigenvalue weighted by Crippen LogP contribution is 2.27. The van der Waals surface area contributed by atoms with E-state index >= 15 is 0 Å². The Morgan fingerprint density at radius 1 is 0.379 bits per heavy atom. The zero-order valence-corrected chi connectivity index (χ0v) is 17.5. The molecule has 0 atom stereocenters. The van der Waals surface area contributed by atoms with Gasteiger partial charge >= 0.3 is 0 Å². The molecular weight excluding hydrogens is 348 g/mol. The summed E-state index contributed by atoms with van der Waals surface area (Å²) in [5.41, 5.74) is 3.99. The monoisotopic (exact) mass is 376 g/mol. The summed E-state index contributed by atoms with van der Waals surface area (Å²) in [6, 6.07) is 39.9. The molecule has 0 heteroatoms. The van der Waals surface area contributed by atoms with E-state index < -0.39 is 0 Å². The number of fused-ring (bicyclic) bond motifs is 3. The Bertz CT molecular complexity index is 1120. The van der Waals surface area contributed by atoms with Crippen LogP contribution in [0.1, 0.15) is 16.7 Å². The topological polar surface area (TPSA) is 0 Å². The molecule has 0 heterocycles. The van der Waals surface area contributed by atoms with Gasteiger partial charge in [-0.05, 0) is 47.9 Å². The molecule has 0 aliphatic carbocycles. The molecule has 0 bridgehead atoms. The van der Waals surface area contributed by atoms with E-state index in [1.165, 1.54) is 38.2 Å². The first-order chi connectivity index (χ1) is 14.1. The smallest absolute Gasteiger partial charge is 0.0103 e. The van der Waals surface area contributed by atoms with Crippen molar-refractivity contribution in [3.8, 4) is 0 Å². The Morgan fingerprint density at radius 3 is 1.28 bits per heavy atom. The van der Waals surface area contributed by atoms with Crippen molar-refractivity contribution in [1.29, 1.82) is 0 Å². The molecule has 0 aromatic heterocycles. The molecule has 5 aromatic rings. The standard InChI is InChI=1S/C15H12.2C7H8/c1-11-10-12-6-2-3-8-14(12)15-9-5-4-7-13(11)15;2*1-7-5-3-2-4-6-7/h2-10H,1H3;2*2-6H,1H3. The van der Waals surface area contributed by atoms with E-state index in [9.17, 15) is 0 Å². The minimum Gasteiger partial charge on any atom is -0.0622 e. The third-order valence-corrected chi connectivity index (χ3v) is 4.86. The molecule has 0 aliphatic rings. The highest BCUT2D eigenvalue weighted by Gasteiger charge is 2.01. The molecule has 0 spiro atoms. The molecule has 5 rings (SSSR count). The third kappa shape index (κ3) is 5.80. The van der Waals surface area contributed by atoms with Crippen LogP contribution in [-0.2, 0) is 0 Å². The third-order valence-electron chi connectivity index (χ3n) is 4.86. The van der Waals surface area contributed by atoms with Crippen molar-refractivity contribution in [3.05, 3.63) is 132 Å². The molecule has 5 aromatic carbocycles. The van der Waals surface area contributed by atoms with E-state index in [4.69, 9.17) is 0 Å². The van der Waals surface area contributed by atoms with Gasteiger partial charge in [-0.25, -0.2) is 0 Å². The van der Waals surface area contributed by atoms with Gasteiger partial charge in [-0.3, -0.25) is 0 Å². The lowest BCUT2D eigenvalue weighted by atomic mass is 9.98. The van der Waals surface area contributed by atoms with Gasteiger partial charge in [0.05, 0.1) is 0 Å². The Labute approximate surface area is 174 Å². The second-order valence-corrected chi connectivity index (χ2v) is 7.27. The molecule has 0 fully saturated rings. The second-order valence-electron chi connectivity index (χ2n) is 7.27. The molecule has 0 aliphatic heterocycles. The highest BCUT2D eigenvalue weighted by molar-refractivity contribution is 6.08. The van der Waals surface area contributed by atoms with Crippen LogP contribution >= 0.6 is 0 Å². The van der Waals surface area contributed by atoms with Crippen LogP contribution in [0.4, 0.5) is 0 Å². The Kier molecular flexibility index (Phi) is 7.19. The first kappa shape index (κ1) is 20.4. The van der Waals surface area contributed by atoms with Gasteiger partial charge in [0.25, 0.3) is 0 Å². The molecule has 0 nitrogen and oxygen atoms in total. The molecule has 144 valence electrons. The fraction of sp³-hybridized carbons (Fsp3) is 0.103. The van der Waals surface area contributed by atoms with Gasteiger partial charge in [-0.2, -0.15) is 0 Å². The number of benzene rings is 5. The number of hydrogen-bond donors (Lipinski definition) is 0. The normalized spacial score (nSPS) is 9.90. The van der Waals surface area contributed by atoms with Crippen molar-refractivity contribution in [3.63, 3.8) is 0 Å². The van der Waals surface area contributed by atoms with E-state index in [0.29, 0.717) is 0 Å². The van der Waals surface area contributed by atoms with Crippen LogP contribution in [0.5, 0.6) is 0 Å². The van der Waals surface area contributed by atoms with Crippen molar-refractivity contribution < 1.29 is 0 Å². The molecule has 0 amide bonds. The molecular formula is C29H28. The Hall–Kier alpha value is -3.38. The quantitative estimate of drug-likeness (QED) is 0.238. The van der Waals surface area contributed by atoms with Crippen LogP contribution in [0.2, 0.25) is 0 Å². The van der Waals surface area contributed by atoms with Gasteiger partial charge in [-0.15, -0.1) is 0 Å². The first-order valence-electron chi connectivity index (χ1n) is 10.1. The Balaban J connectivity index is 0.000000143. The average molecular weight is 377 g/mol. The molecule has 0 saturated heterocycles. The fourth-order valence-corrected chi connectivity index (χ4v) is 3.31. The summed E-state index contributed by atoms with van der Waals surface area (Å²) in [5, 5.41) is 5.39. The lowest BCUT2D eigenvalue weighted by molar-refractivity contribution is 1.48. The summed E-state index contributed by atoms with van der Waals surface area (Å²) in [4.78, 5) is 0. The Morgan fingerprint density at radius 2 is 0.793 bits per heavy atom. The van der Waals surface area contributed by atoms with Crippen LogP contribution in [-0.4, -0.2) is 0 Å². The lowest BCUT2D eigenvalue weighted by Gasteiger charge is -2.06. The maximum Gasteiger partial charge on any atom is -0.0103 e. The fourth-order valence-electron chi connectivity index (χ4n) is 3.31. The zero-order valence-electron chi connectivity index (χ0n) is 17.5. The van der Waals surface area contributed by atoms with Crippen LogP contribution in [0.3, 0.4) is 0 Å². The van der Waals surface area contributed by atoms with Crippen molar-refractivity contribution in [1.82, 2.24) is 0 Å². The average Bonchev–Trinajstić information content (AvgIpc) is 2.76. The summed E-state index contributed by atoms with van der Waals surface area (Å²) in [6.45, 7) is 6.34. The molecule has 0 saturated carbocycles. The van der Waals surface area contributed by atoms with Crippen LogP contribution in [0, 0.1) is 20.8 Å². The van der Waals surface area contributed by atoms with Crippen molar-refractivity contribution in [2.24, 2.45) is 0 Å². The molecule has 0 unspecified atom stereocenters. The minimum absolute atomic E-state index is 1.32. The molecule has 0 radical (unpaired) electrons. The summed E-state index contributed by atoms with van der Waals surface area (Å²) < 4.78 is 0. The van der Waals surface area contributed by atoms with E-state index in [0.717, 1.165) is 0 Å². The van der Waals surface area contributed by atoms with Crippen molar-refractivity contribution in [2.45, 2.75) is 20.8 Å². The van der Waals surface area contributed by atoms with Crippen LogP contribution in [0.25, 0.3) is 21.5 Å². The SMILES string of the molecule is Cc1cc2ccccc2c2ccccc12.Cc1ccccc1.Cc1ccccc1. The predicted molar refractivity (Wildman–Crippen MR) is 129 cm³/mol. The minimum atomic E-state index is 1.32. The largest absolute Gasteiger partial charge is 0.0622 e. The number of rotatable bonds is 0. The maximum atomic E-state index is 2.26. The maximum absolute atomic E-state index is 2.26. The summed E-state index contributed by atoms with van der Waals surface area (Å²) in [7, 11) is 0.